The lowest BCUT2D eigenvalue weighted by atomic mass is 10.2. The first-order chi connectivity index (χ1) is 8.47. The molecule has 0 saturated heterocycles. The third-order valence-electron chi connectivity index (χ3n) is 2.56. The van der Waals surface area contributed by atoms with Crippen LogP contribution >= 0.6 is 27.5 Å². The van der Waals surface area contributed by atoms with Crippen LogP contribution in [0.1, 0.15) is 5.56 Å². The minimum atomic E-state index is -0.523. The molecule has 2 aromatic rings. The fraction of sp³-hybridized carbons (Fsp3) is 0.0769. The number of nitrogen functional groups attached to an aromatic ring is 1. The molecule has 0 aliphatic carbocycles. The zero-order chi connectivity index (χ0) is 13.3. The number of halogens is 3. The van der Waals surface area contributed by atoms with Crippen molar-refractivity contribution in [2.24, 2.45) is 0 Å². The van der Waals surface area contributed by atoms with Crippen molar-refractivity contribution in [3.8, 4) is 0 Å². The summed E-state index contributed by atoms with van der Waals surface area (Å²) in [6.07, 6.45) is 0. The van der Waals surface area contributed by atoms with Crippen molar-refractivity contribution in [2.75, 3.05) is 11.1 Å². The van der Waals surface area contributed by atoms with Crippen LogP contribution in [0.4, 0.5) is 21.5 Å². The average molecular weight is 330 g/mol. The summed E-state index contributed by atoms with van der Waals surface area (Å²) in [6.45, 7) is 1.97. The van der Waals surface area contributed by atoms with E-state index in [2.05, 4.69) is 21.2 Å². The van der Waals surface area contributed by atoms with Crippen molar-refractivity contribution in [1.82, 2.24) is 0 Å². The quantitative estimate of drug-likeness (QED) is 0.771. The molecule has 2 rings (SSSR count). The van der Waals surface area contributed by atoms with Crippen LogP contribution in [-0.4, -0.2) is 0 Å². The van der Waals surface area contributed by atoms with Crippen molar-refractivity contribution < 1.29 is 4.39 Å². The van der Waals surface area contributed by atoms with Gasteiger partial charge in [-0.25, -0.2) is 4.39 Å². The lowest BCUT2D eigenvalue weighted by Gasteiger charge is -2.13. The number of hydrogen-bond acceptors (Lipinski definition) is 2. The Kier molecular flexibility index (Phi) is 3.78. The van der Waals surface area contributed by atoms with Crippen molar-refractivity contribution in [2.45, 2.75) is 6.92 Å². The molecular formula is C13H11BrClFN2. The van der Waals surface area contributed by atoms with Crippen LogP contribution in [0.25, 0.3) is 0 Å². The van der Waals surface area contributed by atoms with E-state index in [0.29, 0.717) is 11.4 Å². The van der Waals surface area contributed by atoms with Crippen molar-refractivity contribution in [3.05, 3.63) is 51.2 Å². The molecule has 5 heteroatoms. The molecule has 0 unspecified atom stereocenters. The monoisotopic (exact) mass is 328 g/mol. The fourth-order valence-electron chi connectivity index (χ4n) is 1.54. The van der Waals surface area contributed by atoms with Crippen molar-refractivity contribution >= 4 is 44.6 Å². The van der Waals surface area contributed by atoms with Crippen LogP contribution in [0.2, 0.25) is 5.02 Å². The second-order valence-corrected chi connectivity index (χ2v) is 5.26. The van der Waals surface area contributed by atoms with Crippen LogP contribution in [0.15, 0.2) is 34.8 Å². The normalized spacial score (nSPS) is 10.4. The minimum Gasteiger partial charge on any atom is -0.397 e. The maximum absolute atomic E-state index is 13.2. The molecule has 3 N–H and O–H groups in total. The molecule has 0 atom stereocenters. The van der Waals surface area contributed by atoms with Gasteiger partial charge in [-0.15, -0.1) is 0 Å². The number of benzene rings is 2. The Morgan fingerprint density at radius 2 is 1.94 bits per heavy atom. The third kappa shape index (κ3) is 2.76. The summed E-state index contributed by atoms with van der Waals surface area (Å²) in [5.41, 5.74) is 8.60. The van der Waals surface area contributed by atoms with Gasteiger partial charge in [0.25, 0.3) is 0 Å². The van der Waals surface area contributed by atoms with E-state index < -0.39 is 5.82 Å². The van der Waals surface area contributed by atoms with Gasteiger partial charge in [0.2, 0.25) is 0 Å². The van der Waals surface area contributed by atoms with E-state index in [4.69, 9.17) is 17.3 Å². The smallest absolute Gasteiger partial charge is 0.143 e. The van der Waals surface area contributed by atoms with Crippen LogP contribution in [0.3, 0.4) is 0 Å². The molecule has 0 bridgehead atoms. The predicted molar refractivity (Wildman–Crippen MR) is 78.0 cm³/mol. The first kappa shape index (κ1) is 13.2. The molecule has 0 heterocycles. The Labute approximate surface area is 118 Å². The number of nitrogens with two attached hydrogens (primary N) is 1. The van der Waals surface area contributed by atoms with Crippen LogP contribution in [0, 0.1) is 12.7 Å². The highest BCUT2D eigenvalue weighted by atomic mass is 79.9. The number of rotatable bonds is 2. The maximum Gasteiger partial charge on any atom is 0.143 e. The first-order valence-electron chi connectivity index (χ1n) is 5.25. The Morgan fingerprint density at radius 3 is 2.67 bits per heavy atom. The average Bonchev–Trinajstić information content (AvgIpc) is 2.30. The van der Waals surface area contributed by atoms with Gasteiger partial charge in [0.15, 0.2) is 0 Å². The Balaban J connectivity index is 2.40. The summed E-state index contributed by atoms with van der Waals surface area (Å²) in [7, 11) is 0. The van der Waals surface area contributed by atoms with Gasteiger partial charge in [0.1, 0.15) is 5.82 Å². The molecule has 18 heavy (non-hydrogen) atoms. The van der Waals surface area contributed by atoms with E-state index in [9.17, 15) is 4.39 Å². The van der Waals surface area contributed by atoms with Gasteiger partial charge >= 0.3 is 0 Å². The van der Waals surface area contributed by atoms with E-state index in [0.717, 1.165) is 15.7 Å². The summed E-state index contributed by atoms with van der Waals surface area (Å²) in [6, 6.07) is 8.52. The van der Waals surface area contributed by atoms with Gasteiger partial charge in [0, 0.05) is 16.2 Å². The molecule has 0 amide bonds. The van der Waals surface area contributed by atoms with Crippen LogP contribution in [0.5, 0.6) is 0 Å². The predicted octanol–water partition coefficient (Wildman–Crippen LogP) is 4.88. The zero-order valence-corrected chi connectivity index (χ0v) is 11.9. The van der Waals surface area contributed by atoms with Gasteiger partial charge in [-0.1, -0.05) is 33.6 Å². The van der Waals surface area contributed by atoms with E-state index in [1.54, 1.807) is 0 Å². The third-order valence-corrected chi connectivity index (χ3v) is 3.34. The number of aryl methyl sites for hydroxylation is 1. The molecule has 94 valence electrons. The van der Waals surface area contributed by atoms with Gasteiger partial charge in [0.05, 0.1) is 16.4 Å². The molecule has 2 nitrogen and oxygen atoms in total. The SMILES string of the molecule is Cc1ccc(Br)cc1Nc1cc(Cl)c(F)cc1N. The van der Waals surface area contributed by atoms with E-state index >= 15 is 0 Å². The number of anilines is 3. The molecule has 2 aromatic carbocycles. The van der Waals surface area contributed by atoms with E-state index in [1.165, 1.54) is 12.1 Å². The van der Waals surface area contributed by atoms with Gasteiger partial charge in [-0.3, -0.25) is 0 Å². The lowest BCUT2D eigenvalue weighted by molar-refractivity contribution is 0.629. The Morgan fingerprint density at radius 1 is 1.22 bits per heavy atom. The molecule has 0 fully saturated rings. The molecule has 0 aromatic heterocycles. The van der Waals surface area contributed by atoms with Crippen LogP contribution in [-0.2, 0) is 0 Å². The summed E-state index contributed by atoms with van der Waals surface area (Å²) in [5, 5.41) is 3.18. The maximum atomic E-state index is 13.2. The highest BCUT2D eigenvalue weighted by Gasteiger charge is 2.08. The summed E-state index contributed by atoms with van der Waals surface area (Å²) >= 11 is 9.14. The standard InChI is InChI=1S/C13H11BrClFN2/c1-7-2-3-8(14)4-12(7)18-13-5-9(15)10(16)6-11(13)17/h2-6,18H,17H2,1H3. The van der Waals surface area contributed by atoms with E-state index in [1.807, 2.05) is 25.1 Å². The van der Waals surface area contributed by atoms with Crippen molar-refractivity contribution in [3.63, 3.8) is 0 Å². The topological polar surface area (TPSA) is 38.0 Å². The summed E-state index contributed by atoms with van der Waals surface area (Å²) in [4.78, 5) is 0. The molecule has 0 aliphatic heterocycles. The Hall–Kier alpha value is -1.26. The van der Waals surface area contributed by atoms with Gasteiger partial charge in [-0.05, 0) is 30.7 Å². The highest BCUT2D eigenvalue weighted by Crippen LogP contribution is 2.31. The van der Waals surface area contributed by atoms with Crippen molar-refractivity contribution in [1.29, 1.82) is 0 Å². The zero-order valence-electron chi connectivity index (χ0n) is 9.60. The molecule has 0 radical (unpaired) electrons. The minimum absolute atomic E-state index is 0.0411. The molecule has 0 spiro atoms. The fourth-order valence-corrected chi connectivity index (χ4v) is 2.07. The molecule has 0 aliphatic rings. The van der Waals surface area contributed by atoms with Gasteiger partial charge in [-0.2, -0.15) is 0 Å². The summed E-state index contributed by atoms with van der Waals surface area (Å²) in [5.74, 6) is -0.523. The van der Waals surface area contributed by atoms with E-state index in [-0.39, 0.29) is 5.02 Å². The lowest BCUT2D eigenvalue weighted by Crippen LogP contribution is -1.99. The summed E-state index contributed by atoms with van der Waals surface area (Å²) < 4.78 is 14.1. The highest BCUT2D eigenvalue weighted by molar-refractivity contribution is 9.10. The van der Waals surface area contributed by atoms with Crippen LogP contribution < -0.4 is 11.1 Å². The number of nitrogens with one attached hydrogen (secondary N) is 1. The largest absolute Gasteiger partial charge is 0.397 e. The second-order valence-electron chi connectivity index (χ2n) is 3.94. The molecular weight excluding hydrogens is 319 g/mol. The second kappa shape index (κ2) is 5.16. The molecule has 0 saturated carbocycles. The Bertz CT molecular complexity index is 602. The number of hydrogen-bond donors (Lipinski definition) is 2. The van der Waals surface area contributed by atoms with Gasteiger partial charge < -0.3 is 11.1 Å². The first-order valence-corrected chi connectivity index (χ1v) is 6.42.